The molecule has 1 aliphatic carbocycles. The second-order valence-corrected chi connectivity index (χ2v) is 6.78. The van der Waals surface area contributed by atoms with Gasteiger partial charge < -0.3 is 4.74 Å². The average molecular weight is 346 g/mol. The smallest absolute Gasteiger partial charge is 0.264 e. The molecule has 1 aromatic rings. The molecule has 0 fully saturated rings. The van der Waals surface area contributed by atoms with Gasteiger partial charge in [-0.15, -0.1) is 0 Å². The number of nitrogens with one attached hydrogen (secondary N) is 1. The summed E-state index contributed by atoms with van der Waals surface area (Å²) in [5.74, 6) is 0.0833. The molecule has 112 valence electrons. The molecule has 0 aliphatic heterocycles. The molecule has 1 aromatic heterocycles. The van der Waals surface area contributed by atoms with Crippen molar-refractivity contribution in [1.82, 2.24) is 9.97 Å². The summed E-state index contributed by atoms with van der Waals surface area (Å²) in [5, 5.41) is 0.325. The summed E-state index contributed by atoms with van der Waals surface area (Å²) in [6.07, 6.45) is 4.69. The number of hydrogen-bond donors (Lipinski definition) is 1. The van der Waals surface area contributed by atoms with Crippen LogP contribution >= 0.6 is 23.8 Å². The molecule has 1 N–H and O–H groups in total. The number of sulfonamides is 1. The lowest BCUT2D eigenvalue weighted by Crippen LogP contribution is -2.22. The Bertz CT molecular complexity index is 757. The number of hydrogen-bond acceptors (Lipinski definition) is 6. The number of anilines is 1. The fourth-order valence-corrected chi connectivity index (χ4v) is 3.52. The summed E-state index contributed by atoms with van der Waals surface area (Å²) in [4.78, 5) is 8.27. The van der Waals surface area contributed by atoms with Crippen LogP contribution < -0.4 is 9.46 Å². The molecule has 0 saturated carbocycles. The third-order valence-electron chi connectivity index (χ3n) is 2.60. The highest BCUT2D eigenvalue weighted by molar-refractivity contribution is 7.99. The first-order chi connectivity index (χ1) is 9.83. The van der Waals surface area contributed by atoms with Crippen LogP contribution in [-0.4, -0.2) is 30.4 Å². The fourth-order valence-electron chi connectivity index (χ4n) is 1.63. The first kappa shape index (κ1) is 15.9. The number of aryl methyl sites for hydroxylation is 1. The van der Waals surface area contributed by atoms with Crippen molar-refractivity contribution in [3.8, 4) is 5.88 Å². The third-order valence-corrected chi connectivity index (χ3v) is 4.79. The second-order valence-electron chi connectivity index (χ2n) is 4.20. The van der Waals surface area contributed by atoms with Gasteiger partial charge >= 0.3 is 0 Å². The molecule has 0 amide bonds. The number of aromatic nitrogens is 2. The van der Waals surface area contributed by atoms with Crippen LogP contribution in [-0.2, 0) is 10.0 Å². The Kier molecular flexibility index (Phi) is 4.60. The molecule has 0 unspecified atom stereocenters. The van der Waals surface area contributed by atoms with Gasteiger partial charge in [0.15, 0.2) is 0 Å². The Morgan fingerprint density at radius 1 is 1.48 bits per heavy atom. The van der Waals surface area contributed by atoms with Crippen LogP contribution in [0.3, 0.4) is 0 Å². The van der Waals surface area contributed by atoms with E-state index in [0.717, 1.165) is 0 Å². The summed E-state index contributed by atoms with van der Waals surface area (Å²) >= 11 is 10.9. The van der Waals surface area contributed by atoms with Crippen molar-refractivity contribution >= 4 is 44.5 Å². The van der Waals surface area contributed by atoms with Crippen molar-refractivity contribution in [2.45, 2.75) is 13.3 Å². The first-order valence-electron chi connectivity index (χ1n) is 5.84. The minimum atomic E-state index is -3.90. The largest absolute Gasteiger partial charge is 0.478 e. The van der Waals surface area contributed by atoms with Crippen LogP contribution in [0.5, 0.6) is 5.88 Å². The molecule has 6 nitrogen and oxygen atoms in total. The standard InChI is InChI=1S/C12H12ClN3O3S2/c1-7-6-14-11(12(15-7)19-2)16-21(17,18)10-5-8(13)3-4-9(10)20/h3,5-6H,4H2,1-2H3,(H,14,16). The van der Waals surface area contributed by atoms with Crippen LogP contribution in [0.1, 0.15) is 12.1 Å². The summed E-state index contributed by atoms with van der Waals surface area (Å²) in [6, 6.07) is 0. The van der Waals surface area contributed by atoms with Gasteiger partial charge in [0.2, 0.25) is 5.82 Å². The van der Waals surface area contributed by atoms with Crippen LogP contribution in [0.25, 0.3) is 0 Å². The first-order valence-corrected chi connectivity index (χ1v) is 8.11. The van der Waals surface area contributed by atoms with E-state index in [4.69, 9.17) is 28.6 Å². The highest BCUT2D eigenvalue weighted by Gasteiger charge is 2.26. The molecular weight excluding hydrogens is 334 g/mol. The van der Waals surface area contributed by atoms with E-state index in [-0.39, 0.29) is 21.5 Å². The van der Waals surface area contributed by atoms with Gasteiger partial charge in [-0.2, -0.15) is 0 Å². The Balaban J connectivity index is 2.39. The summed E-state index contributed by atoms with van der Waals surface area (Å²) in [6.45, 7) is 1.72. The fraction of sp³-hybridized carbons (Fsp3) is 0.250. The summed E-state index contributed by atoms with van der Waals surface area (Å²) in [7, 11) is -2.52. The maximum Gasteiger partial charge on any atom is 0.264 e. The predicted molar refractivity (Wildman–Crippen MR) is 85.1 cm³/mol. The van der Waals surface area contributed by atoms with Crippen molar-refractivity contribution in [3.05, 3.63) is 34.0 Å². The van der Waals surface area contributed by atoms with Crippen LogP contribution in [0, 0.1) is 6.92 Å². The van der Waals surface area contributed by atoms with E-state index < -0.39 is 10.0 Å². The molecule has 0 spiro atoms. The highest BCUT2D eigenvalue weighted by atomic mass is 35.5. The number of nitrogens with zero attached hydrogens (tertiary/aromatic N) is 2. The van der Waals surface area contributed by atoms with Crippen molar-refractivity contribution in [1.29, 1.82) is 0 Å². The van der Waals surface area contributed by atoms with Crippen molar-refractivity contribution in [2.24, 2.45) is 0 Å². The molecule has 0 atom stereocenters. The molecule has 0 aromatic carbocycles. The zero-order chi connectivity index (χ0) is 15.6. The van der Waals surface area contributed by atoms with Crippen LogP contribution in [0.15, 0.2) is 28.3 Å². The zero-order valence-electron chi connectivity index (χ0n) is 11.3. The summed E-state index contributed by atoms with van der Waals surface area (Å²) < 4.78 is 32.1. The lowest BCUT2D eigenvalue weighted by Gasteiger charge is -2.15. The minimum Gasteiger partial charge on any atom is -0.478 e. The van der Waals surface area contributed by atoms with E-state index in [2.05, 4.69) is 14.7 Å². The Labute approximate surface area is 132 Å². The number of ether oxygens (including phenoxy) is 1. The Morgan fingerprint density at radius 3 is 2.86 bits per heavy atom. The van der Waals surface area contributed by atoms with Crippen molar-refractivity contribution in [3.63, 3.8) is 0 Å². The van der Waals surface area contributed by atoms with Crippen molar-refractivity contribution < 1.29 is 13.2 Å². The zero-order valence-corrected chi connectivity index (χ0v) is 13.6. The number of thiocarbonyl (C=S) groups is 1. The Morgan fingerprint density at radius 2 is 2.19 bits per heavy atom. The molecule has 2 rings (SSSR count). The van der Waals surface area contributed by atoms with Gasteiger partial charge in [0, 0.05) is 16.3 Å². The monoisotopic (exact) mass is 345 g/mol. The summed E-state index contributed by atoms with van der Waals surface area (Å²) in [5.41, 5.74) is 0.605. The highest BCUT2D eigenvalue weighted by Crippen LogP contribution is 2.26. The molecule has 1 aliphatic rings. The number of rotatable bonds is 4. The SMILES string of the molecule is COc1nc(C)cnc1NS(=O)(=O)C1=CC(Cl)=CCC1=S. The minimum absolute atomic E-state index is 0.00234. The van der Waals surface area contributed by atoms with Crippen molar-refractivity contribution in [2.75, 3.05) is 11.8 Å². The van der Waals surface area contributed by atoms with E-state index in [1.54, 1.807) is 13.0 Å². The van der Waals surface area contributed by atoms with Gasteiger partial charge in [0.25, 0.3) is 15.9 Å². The topological polar surface area (TPSA) is 81.2 Å². The molecule has 0 radical (unpaired) electrons. The van der Waals surface area contributed by atoms with E-state index in [0.29, 0.717) is 17.1 Å². The molecule has 1 heterocycles. The lowest BCUT2D eigenvalue weighted by atomic mass is 10.2. The van der Waals surface area contributed by atoms with Gasteiger partial charge in [-0.1, -0.05) is 29.9 Å². The number of allylic oxidation sites excluding steroid dienone is 4. The van der Waals surface area contributed by atoms with Gasteiger partial charge in [0.05, 0.1) is 19.0 Å². The predicted octanol–water partition coefficient (Wildman–Crippen LogP) is 2.32. The third kappa shape index (κ3) is 3.58. The Hall–Kier alpha value is -1.51. The molecular formula is C12H12ClN3O3S2. The van der Waals surface area contributed by atoms with E-state index >= 15 is 0 Å². The molecule has 9 heteroatoms. The molecule has 0 saturated heterocycles. The van der Waals surface area contributed by atoms with Crippen LogP contribution in [0.4, 0.5) is 5.82 Å². The van der Waals surface area contributed by atoms with Gasteiger partial charge in [-0.05, 0) is 13.0 Å². The average Bonchev–Trinajstić information content (AvgIpc) is 2.43. The quantitative estimate of drug-likeness (QED) is 0.843. The number of methoxy groups -OCH3 is 1. The second kappa shape index (κ2) is 6.08. The normalized spacial score (nSPS) is 15.3. The van der Waals surface area contributed by atoms with Crippen LogP contribution in [0.2, 0.25) is 0 Å². The molecule has 21 heavy (non-hydrogen) atoms. The lowest BCUT2D eigenvalue weighted by molar-refractivity contribution is 0.397. The van der Waals surface area contributed by atoms with Gasteiger partial charge in [-0.25, -0.2) is 18.4 Å². The molecule has 0 bridgehead atoms. The van der Waals surface area contributed by atoms with E-state index in [1.165, 1.54) is 19.4 Å². The van der Waals surface area contributed by atoms with E-state index in [9.17, 15) is 8.42 Å². The maximum atomic E-state index is 12.4. The number of halogens is 1. The maximum absolute atomic E-state index is 12.4. The van der Waals surface area contributed by atoms with Gasteiger partial charge in [-0.3, -0.25) is 4.72 Å². The van der Waals surface area contributed by atoms with E-state index in [1.807, 2.05) is 0 Å². The van der Waals surface area contributed by atoms with Gasteiger partial charge in [0.1, 0.15) is 4.91 Å².